The molecule has 0 bridgehead atoms. The van der Waals surface area contributed by atoms with E-state index in [-0.39, 0.29) is 21.3 Å². The molecule has 0 fully saturated rings. The monoisotopic (exact) mass is 354 g/mol. The van der Waals surface area contributed by atoms with E-state index < -0.39 is 10.0 Å². The van der Waals surface area contributed by atoms with Crippen LogP contribution >= 0.6 is 11.3 Å². The standard InChI is InChI=1S/C14H18N4O3S2/c1-8(2)12(19)15-13-16-17-14(22-13)23(20,21)18-11-6-5-9(3)7-10(11)4/h5-8,18H,1-4H3,(H,15,16,19). The zero-order chi connectivity index (χ0) is 17.2. The maximum absolute atomic E-state index is 12.4. The van der Waals surface area contributed by atoms with Gasteiger partial charge in [0.25, 0.3) is 14.4 Å². The van der Waals surface area contributed by atoms with E-state index in [2.05, 4.69) is 20.2 Å². The lowest BCUT2D eigenvalue weighted by Gasteiger charge is -2.08. The van der Waals surface area contributed by atoms with Crippen LogP contribution in [-0.4, -0.2) is 24.5 Å². The Hall–Kier alpha value is -2.00. The molecule has 2 N–H and O–H groups in total. The maximum atomic E-state index is 12.4. The van der Waals surface area contributed by atoms with Gasteiger partial charge in [0.15, 0.2) is 0 Å². The molecule has 124 valence electrons. The Morgan fingerprint density at radius 3 is 2.52 bits per heavy atom. The summed E-state index contributed by atoms with van der Waals surface area (Å²) in [4.78, 5) is 11.6. The molecule has 1 aromatic heterocycles. The quantitative estimate of drug-likeness (QED) is 0.804. The highest BCUT2D eigenvalue weighted by atomic mass is 32.2. The largest absolute Gasteiger partial charge is 0.300 e. The van der Waals surface area contributed by atoms with Gasteiger partial charge in [-0.2, -0.15) is 8.42 Å². The van der Waals surface area contributed by atoms with Gasteiger partial charge in [-0.1, -0.05) is 42.9 Å². The zero-order valence-electron chi connectivity index (χ0n) is 13.2. The fraction of sp³-hybridized carbons (Fsp3) is 0.357. The highest BCUT2D eigenvalue weighted by Crippen LogP contribution is 2.24. The molecule has 0 aliphatic rings. The lowest BCUT2D eigenvalue weighted by Crippen LogP contribution is -2.17. The molecule has 0 atom stereocenters. The van der Waals surface area contributed by atoms with Crippen LogP contribution in [0.4, 0.5) is 10.8 Å². The molecule has 1 amide bonds. The number of aromatic nitrogens is 2. The SMILES string of the molecule is Cc1ccc(NS(=O)(=O)c2nnc(NC(=O)C(C)C)s2)c(C)c1. The zero-order valence-corrected chi connectivity index (χ0v) is 14.9. The summed E-state index contributed by atoms with van der Waals surface area (Å²) in [5.41, 5.74) is 2.34. The van der Waals surface area contributed by atoms with Gasteiger partial charge in [-0.25, -0.2) is 0 Å². The van der Waals surface area contributed by atoms with Gasteiger partial charge in [-0.15, -0.1) is 10.2 Å². The Labute approximate surface area is 139 Å². The average Bonchev–Trinajstić information content (AvgIpc) is 2.91. The van der Waals surface area contributed by atoms with Crippen LogP contribution in [0.15, 0.2) is 22.5 Å². The third-order valence-electron chi connectivity index (χ3n) is 3.02. The van der Waals surface area contributed by atoms with Crippen molar-refractivity contribution in [2.75, 3.05) is 10.0 Å². The van der Waals surface area contributed by atoms with Crippen LogP contribution in [0.2, 0.25) is 0 Å². The van der Waals surface area contributed by atoms with E-state index in [0.29, 0.717) is 5.69 Å². The highest BCUT2D eigenvalue weighted by Gasteiger charge is 2.22. The lowest BCUT2D eigenvalue weighted by molar-refractivity contribution is -0.118. The molecular weight excluding hydrogens is 336 g/mol. The van der Waals surface area contributed by atoms with E-state index in [1.54, 1.807) is 19.9 Å². The number of nitrogens with one attached hydrogen (secondary N) is 2. The second kappa shape index (κ2) is 6.63. The lowest BCUT2D eigenvalue weighted by atomic mass is 10.1. The number of carbonyl (C=O) groups excluding carboxylic acids is 1. The van der Waals surface area contributed by atoms with Crippen molar-refractivity contribution in [1.82, 2.24) is 10.2 Å². The van der Waals surface area contributed by atoms with Crippen LogP contribution in [-0.2, 0) is 14.8 Å². The van der Waals surface area contributed by atoms with Crippen molar-refractivity contribution < 1.29 is 13.2 Å². The second-order valence-corrected chi connectivity index (χ2v) is 8.27. The molecule has 1 heterocycles. The summed E-state index contributed by atoms with van der Waals surface area (Å²) < 4.78 is 27.0. The molecule has 9 heteroatoms. The molecule has 2 rings (SSSR count). The fourth-order valence-corrected chi connectivity index (χ4v) is 3.77. The summed E-state index contributed by atoms with van der Waals surface area (Å²) >= 11 is 0.809. The molecule has 0 aliphatic heterocycles. The minimum absolute atomic E-state index is 0.157. The van der Waals surface area contributed by atoms with Crippen LogP contribution in [0.25, 0.3) is 0 Å². The summed E-state index contributed by atoms with van der Waals surface area (Å²) in [7, 11) is -3.84. The summed E-state index contributed by atoms with van der Waals surface area (Å²) in [6.45, 7) is 7.21. The number of amides is 1. The Morgan fingerprint density at radius 2 is 1.91 bits per heavy atom. The number of benzene rings is 1. The normalized spacial score (nSPS) is 11.5. The highest BCUT2D eigenvalue weighted by molar-refractivity contribution is 7.94. The number of carbonyl (C=O) groups is 1. The van der Waals surface area contributed by atoms with Crippen LogP contribution in [0.1, 0.15) is 25.0 Å². The number of sulfonamides is 1. The van der Waals surface area contributed by atoms with Gasteiger partial charge in [-0.05, 0) is 25.5 Å². The van der Waals surface area contributed by atoms with Crippen molar-refractivity contribution in [3.8, 4) is 0 Å². The molecule has 0 unspecified atom stereocenters. The van der Waals surface area contributed by atoms with Crippen molar-refractivity contribution in [1.29, 1.82) is 0 Å². The summed E-state index contributed by atoms with van der Waals surface area (Å²) in [5.74, 6) is -0.472. The predicted molar refractivity (Wildman–Crippen MR) is 90.1 cm³/mol. The Morgan fingerprint density at radius 1 is 1.22 bits per heavy atom. The molecule has 0 aliphatic carbocycles. The first kappa shape index (κ1) is 17.4. The van der Waals surface area contributed by atoms with Crippen molar-refractivity contribution in [2.45, 2.75) is 32.0 Å². The van der Waals surface area contributed by atoms with Gasteiger partial charge in [-0.3, -0.25) is 9.52 Å². The van der Waals surface area contributed by atoms with E-state index >= 15 is 0 Å². The number of hydrogen-bond donors (Lipinski definition) is 2. The third-order valence-corrected chi connectivity index (χ3v) is 5.59. The van der Waals surface area contributed by atoms with Gasteiger partial charge in [0.1, 0.15) is 0 Å². The third kappa shape index (κ3) is 4.26. The van der Waals surface area contributed by atoms with Gasteiger partial charge in [0.05, 0.1) is 5.69 Å². The number of anilines is 2. The molecule has 7 nitrogen and oxygen atoms in total. The van der Waals surface area contributed by atoms with E-state index in [1.165, 1.54) is 0 Å². The molecular formula is C14H18N4O3S2. The predicted octanol–water partition coefficient (Wildman–Crippen LogP) is 2.55. The Kier molecular flexibility index (Phi) is 5.00. The van der Waals surface area contributed by atoms with Crippen LogP contribution in [0.3, 0.4) is 0 Å². The van der Waals surface area contributed by atoms with Crippen LogP contribution in [0.5, 0.6) is 0 Å². The number of aryl methyl sites for hydroxylation is 2. The summed E-state index contributed by atoms with van der Waals surface area (Å²) in [5, 5.41) is 10.0. The minimum Gasteiger partial charge on any atom is -0.300 e. The molecule has 0 saturated heterocycles. The van der Waals surface area contributed by atoms with E-state index in [1.807, 2.05) is 26.0 Å². The van der Waals surface area contributed by atoms with Crippen LogP contribution in [0, 0.1) is 19.8 Å². The molecule has 0 spiro atoms. The maximum Gasteiger partial charge on any atom is 0.291 e. The van der Waals surface area contributed by atoms with Crippen molar-refractivity contribution in [3.05, 3.63) is 29.3 Å². The van der Waals surface area contributed by atoms with Gasteiger partial charge >= 0.3 is 0 Å². The number of rotatable bonds is 5. The topological polar surface area (TPSA) is 101 Å². The summed E-state index contributed by atoms with van der Waals surface area (Å²) in [6.07, 6.45) is 0. The fourth-order valence-electron chi connectivity index (χ4n) is 1.74. The van der Waals surface area contributed by atoms with Crippen molar-refractivity contribution in [3.63, 3.8) is 0 Å². The van der Waals surface area contributed by atoms with E-state index in [0.717, 1.165) is 22.5 Å². The van der Waals surface area contributed by atoms with E-state index in [4.69, 9.17) is 0 Å². The first-order valence-electron chi connectivity index (χ1n) is 6.93. The minimum atomic E-state index is -3.84. The molecule has 0 saturated carbocycles. The smallest absolute Gasteiger partial charge is 0.291 e. The second-order valence-electron chi connectivity index (χ2n) is 5.44. The molecule has 1 aromatic carbocycles. The first-order valence-corrected chi connectivity index (χ1v) is 9.23. The van der Waals surface area contributed by atoms with Crippen LogP contribution < -0.4 is 10.0 Å². The molecule has 0 radical (unpaired) electrons. The van der Waals surface area contributed by atoms with Gasteiger partial charge in [0.2, 0.25) is 11.0 Å². The van der Waals surface area contributed by atoms with E-state index in [9.17, 15) is 13.2 Å². The Balaban J connectivity index is 2.20. The summed E-state index contributed by atoms with van der Waals surface area (Å²) in [6, 6.07) is 5.40. The number of nitrogens with zero attached hydrogens (tertiary/aromatic N) is 2. The van der Waals surface area contributed by atoms with Gasteiger partial charge < -0.3 is 5.32 Å². The number of hydrogen-bond acceptors (Lipinski definition) is 6. The van der Waals surface area contributed by atoms with Gasteiger partial charge in [0, 0.05) is 5.92 Å². The van der Waals surface area contributed by atoms with Crippen molar-refractivity contribution >= 4 is 38.1 Å². The van der Waals surface area contributed by atoms with Crippen molar-refractivity contribution in [2.24, 2.45) is 5.92 Å². The Bertz CT molecular complexity index is 828. The molecule has 23 heavy (non-hydrogen) atoms. The average molecular weight is 354 g/mol. The molecule has 2 aromatic rings. The first-order chi connectivity index (χ1) is 10.7.